The van der Waals surface area contributed by atoms with Crippen LogP contribution in [0.5, 0.6) is 5.75 Å². The second-order valence-electron chi connectivity index (χ2n) is 10.8. The van der Waals surface area contributed by atoms with Crippen molar-refractivity contribution in [3.63, 3.8) is 0 Å². The number of ether oxygens (including phenoxy) is 1. The van der Waals surface area contributed by atoms with E-state index in [0.717, 1.165) is 24.3 Å². The third kappa shape index (κ3) is 8.64. The average Bonchev–Trinajstić information content (AvgIpc) is 3.39. The van der Waals surface area contributed by atoms with E-state index in [2.05, 4.69) is 20.6 Å². The van der Waals surface area contributed by atoms with Gasteiger partial charge in [0.15, 0.2) is 12.3 Å². The number of rotatable bonds is 9. The normalized spacial score (nSPS) is 14.2. The summed E-state index contributed by atoms with van der Waals surface area (Å²) in [4.78, 5) is 33.6. The molecule has 2 amide bonds. The van der Waals surface area contributed by atoms with E-state index in [4.69, 9.17) is 4.74 Å². The van der Waals surface area contributed by atoms with Crippen LogP contribution < -0.4 is 10.1 Å². The van der Waals surface area contributed by atoms with Gasteiger partial charge in [-0.15, -0.1) is 5.10 Å². The van der Waals surface area contributed by atoms with Crippen molar-refractivity contribution in [1.29, 1.82) is 0 Å². The molecule has 5 rings (SSSR count). The minimum Gasteiger partial charge on any atom is -0.484 e. The molecule has 2 aromatic heterocycles. The molecule has 3 heterocycles. The smallest absolute Gasteiger partial charge is 0.422 e. The standard InChI is InChI=1S/C31H29F6N7O3/c1-20-27(29(46)43-14-12-42(13-15-43)18-22-4-2-3-5-26(22)47-19-30(32,33)34)40-41-44(20)17-21-6-11-25(38-16-21)28(45)39-24-9-7-23(8-10-24)31(35,36)37/h2-11,16H,12-15,17-19H2,1H3,(H,39,45). The lowest BCUT2D eigenvalue weighted by Gasteiger charge is -2.34. The molecular formula is C31H29F6N7O3. The van der Waals surface area contributed by atoms with Crippen LogP contribution in [0, 0.1) is 6.92 Å². The van der Waals surface area contributed by atoms with Crippen molar-refractivity contribution < 1.29 is 40.7 Å². The van der Waals surface area contributed by atoms with Crippen molar-refractivity contribution >= 4 is 17.5 Å². The van der Waals surface area contributed by atoms with Crippen molar-refractivity contribution in [2.45, 2.75) is 32.4 Å². The third-order valence-electron chi connectivity index (χ3n) is 7.46. The van der Waals surface area contributed by atoms with E-state index in [-0.39, 0.29) is 35.3 Å². The van der Waals surface area contributed by atoms with Crippen molar-refractivity contribution in [3.8, 4) is 5.75 Å². The van der Waals surface area contributed by atoms with Crippen LogP contribution in [-0.4, -0.2) is 80.6 Å². The zero-order chi connectivity index (χ0) is 33.8. The summed E-state index contributed by atoms with van der Waals surface area (Å²) < 4.78 is 82.7. The summed E-state index contributed by atoms with van der Waals surface area (Å²) in [6, 6.07) is 13.7. The summed E-state index contributed by atoms with van der Waals surface area (Å²) in [6.07, 6.45) is -7.47. The van der Waals surface area contributed by atoms with Gasteiger partial charge >= 0.3 is 12.4 Å². The molecule has 0 unspecified atom stereocenters. The summed E-state index contributed by atoms with van der Waals surface area (Å²) in [5.41, 5.74) is 1.41. The van der Waals surface area contributed by atoms with Crippen molar-refractivity contribution in [1.82, 2.24) is 29.8 Å². The first kappa shape index (κ1) is 33.4. The van der Waals surface area contributed by atoms with E-state index in [0.29, 0.717) is 49.5 Å². The Morgan fingerprint density at radius 1 is 0.894 bits per heavy atom. The zero-order valence-corrected chi connectivity index (χ0v) is 25.0. The van der Waals surface area contributed by atoms with Gasteiger partial charge in [-0.2, -0.15) is 26.3 Å². The van der Waals surface area contributed by atoms with Crippen molar-refractivity contribution in [2.75, 3.05) is 38.1 Å². The van der Waals surface area contributed by atoms with Gasteiger partial charge in [-0.1, -0.05) is 29.5 Å². The molecule has 0 saturated carbocycles. The fraction of sp³-hybridized carbons (Fsp3) is 0.323. The quantitative estimate of drug-likeness (QED) is 0.246. The Kier molecular flexibility index (Phi) is 9.79. The Hall–Kier alpha value is -4.99. The van der Waals surface area contributed by atoms with E-state index < -0.39 is 30.4 Å². The number of benzene rings is 2. The number of carbonyl (C=O) groups excluding carboxylic acids is 2. The Bertz CT molecular complexity index is 1700. The molecular weight excluding hydrogens is 632 g/mol. The maximum absolute atomic E-state index is 13.3. The molecule has 1 fully saturated rings. The summed E-state index contributed by atoms with van der Waals surface area (Å²) in [6.45, 7) is 2.68. The summed E-state index contributed by atoms with van der Waals surface area (Å²) in [5, 5.41) is 10.7. The highest BCUT2D eigenvalue weighted by atomic mass is 19.4. The number of aromatic nitrogens is 4. The van der Waals surface area contributed by atoms with Gasteiger partial charge in [0.25, 0.3) is 11.8 Å². The van der Waals surface area contributed by atoms with E-state index in [9.17, 15) is 35.9 Å². The average molecular weight is 662 g/mol. The number of piperazine rings is 1. The van der Waals surface area contributed by atoms with E-state index in [1.54, 1.807) is 36.1 Å². The number of hydrogen-bond acceptors (Lipinski definition) is 7. The molecule has 10 nitrogen and oxygen atoms in total. The number of para-hydroxylation sites is 1. The van der Waals surface area contributed by atoms with Crippen LogP contribution in [-0.2, 0) is 19.3 Å². The number of alkyl halides is 6. The molecule has 2 aromatic carbocycles. The van der Waals surface area contributed by atoms with Gasteiger partial charge in [0.2, 0.25) is 0 Å². The Balaban J connectivity index is 1.13. The summed E-state index contributed by atoms with van der Waals surface area (Å²) in [7, 11) is 0. The van der Waals surface area contributed by atoms with Crippen LogP contribution >= 0.6 is 0 Å². The first-order valence-corrected chi connectivity index (χ1v) is 14.4. The Labute approximate surface area is 264 Å². The molecule has 0 atom stereocenters. The number of anilines is 1. The molecule has 1 N–H and O–H groups in total. The number of nitrogens with zero attached hydrogens (tertiary/aromatic N) is 6. The molecule has 0 bridgehead atoms. The minimum absolute atomic E-state index is 0.0521. The van der Waals surface area contributed by atoms with Gasteiger partial charge in [-0.3, -0.25) is 19.5 Å². The monoisotopic (exact) mass is 661 g/mol. The second-order valence-corrected chi connectivity index (χ2v) is 10.8. The molecule has 47 heavy (non-hydrogen) atoms. The van der Waals surface area contributed by atoms with Gasteiger partial charge < -0.3 is 15.0 Å². The topological polar surface area (TPSA) is 105 Å². The van der Waals surface area contributed by atoms with Crippen LogP contribution in [0.3, 0.4) is 0 Å². The number of hydrogen-bond donors (Lipinski definition) is 1. The van der Waals surface area contributed by atoms with Gasteiger partial charge in [-0.05, 0) is 48.9 Å². The number of halogens is 6. The SMILES string of the molecule is Cc1c(C(=O)N2CCN(Cc3ccccc3OCC(F)(F)F)CC2)nnn1Cc1ccc(C(=O)Nc2ccc(C(F)(F)F)cc2)nc1. The maximum Gasteiger partial charge on any atom is 0.422 e. The fourth-order valence-electron chi connectivity index (χ4n) is 4.91. The van der Waals surface area contributed by atoms with E-state index in [1.165, 1.54) is 23.0 Å². The maximum atomic E-state index is 13.3. The molecule has 0 spiro atoms. The first-order chi connectivity index (χ1) is 22.3. The molecule has 16 heteroatoms. The van der Waals surface area contributed by atoms with Gasteiger partial charge in [-0.25, -0.2) is 4.68 Å². The zero-order valence-electron chi connectivity index (χ0n) is 25.0. The molecule has 0 aliphatic carbocycles. The van der Waals surface area contributed by atoms with Crippen LogP contribution in [0.15, 0.2) is 66.9 Å². The van der Waals surface area contributed by atoms with Gasteiger partial charge in [0, 0.05) is 50.2 Å². The predicted octanol–water partition coefficient (Wildman–Crippen LogP) is 5.20. The molecule has 1 saturated heterocycles. The molecule has 1 aliphatic rings. The minimum atomic E-state index is -4.48. The predicted molar refractivity (Wildman–Crippen MR) is 157 cm³/mol. The highest BCUT2D eigenvalue weighted by Gasteiger charge is 2.31. The fourth-order valence-corrected chi connectivity index (χ4v) is 4.91. The lowest BCUT2D eigenvalue weighted by atomic mass is 10.1. The lowest BCUT2D eigenvalue weighted by Crippen LogP contribution is -2.48. The van der Waals surface area contributed by atoms with Crippen LogP contribution in [0.1, 0.15) is 43.4 Å². The van der Waals surface area contributed by atoms with Crippen LogP contribution in [0.2, 0.25) is 0 Å². The van der Waals surface area contributed by atoms with Crippen LogP contribution in [0.25, 0.3) is 0 Å². The van der Waals surface area contributed by atoms with E-state index >= 15 is 0 Å². The second kappa shape index (κ2) is 13.8. The van der Waals surface area contributed by atoms with Crippen molar-refractivity contribution in [2.24, 2.45) is 0 Å². The molecule has 1 aliphatic heterocycles. The first-order valence-electron chi connectivity index (χ1n) is 14.4. The molecule has 248 valence electrons. The van der Waals surface area contributed by atoms with Gasteiger partial charge in [0.1, 0.15) is 11.4 Å². The number of pyridine rings is 1. The highest BCUT2D eigenvalue weighted by Crippen LogP contribution is 2.30. The molecule has 0 radical (unpaired) electrons. The summed E-state index contributed by atoms with van der Waals surface area (Å²) >= 11 is 0. The summed E-state index contributed by atoms with van der Waals surface area (Å²) in [5.74, 6) is -0.724. The number of nitrogens with one attached hydrogen (secondary N) is 1. The largest absolute Gasteiger partial charge is 0.484 e. The van der Waals surface area contributed by atoms with Crippen molar-refractivity contribution in [3.05, 3.63) is 101 Å². The highest BCUT2D eigenvalue weighted by molar-refractivity contribution is 6.02. The number of carbonyl (C=O) groups is 2. The molecule has 4 aromatic rings. The van der Waals surface area contributed by atoms with Crippen LogP contribution in [0.4, 0.5) is 32.0 Å². The third-order valence-corrected chi connectivity index (χ3v) is 7.46. The van der Waals surface area contributed by atoms with E-state index in [1.807, 2.05) is 4.90 Å². The number of amides is 2. The lowest BCUT2D eigenvalue weighted by molar-refractivity contribution is -0.153. The Morgan fingerprint density at radius 2 is 1.60 bits per heavy atom. The Morgan fingerprint density at radius 3 is 2.23 bits per heavy atom. The van der Waals surface area contributed by atoms with Gasteiger partial charge in [0.05, 0.1) is 17.8 Å².